The van der Waals surface area contributed by atoms with Crippen molar-refractivity contribution in [1.29, 1.82) is 0 Å². The fourth-order valence-corrected chi connectivity index (χ4v) is 2.71. The Morgan fingerprint density at radius 1 is 1.07 bits per heavy atom. The van der Waals surface area contributed by atoms with Crippen LogP contribution < -0.4 is 15.5 Å². The van der Waals surface area contributed by atoms with Crippen molar-refractivity contribution in [3.63, 3.8) is 0 Å². The number of nitrogens with zero attached hydrogens (tertiary/aromatic N) is 3. The van der Waals surface area contributed by atoms with Crippen molar-refractivity contribution in [2.75, 3.05) is 28.6 Å². The van der Waals surface area contributed by atoms with Gasteiger partial charge in [0, 0.05) is 30.5 Å². The predicted octanol–water partition coefficient (Wildman–Crippen LogP) is 4.22. The first kappa shape index (κ1) is 18.4. The van der Waals surface area contributed by atoms with Gasteiger partial charge in [-0.05, 0) is 57.2 Å². The average Bonchev–Trinajstić information content (AvgIpc) is 3.09. The van der Waals surface area contributed by atoms with Crippen LogP contribution in [0.5, 0.6) is 0 Å². The first-order chi connectivity index (χ1) is 13.1. The SMILES string of the molecule is CCN(CC)c1ccc(NC(=O)c2ccc(Nc3cc(C)on3)cn2)cc1. The van der Waals surface area contributed by atoms with E-state index in [2.05, 4.69) is 39.5 Å². The molecule has 7 nitrogen and oxygen atoms in total. The molecule has 0 atom stereocenters. The van der Waals surface area contributed by atoms with E-state index in [1.807, 2.05) is 31.2 Å². The molecule has 0 bridgehead atoms. The number of hydrogen-bond donors (Lipinski definition) is 2. The lowest BCUT2D eigenvalue weighted by Crippen LogP contribution is -2.21. The summed E-state index contributed by atoms with van der Waals surface area (Å²) in [4.78, 5) is 18.8. The van der Waals surface area contributed by atoms with Gasteiger partial charge >= 0.3 is 0 Å². The zero-order valence-corrected chi connectivity index (χ0v) is 15.7. The van der Waals surface area contributed by atoms with Gasteiger partial charge in [0.1, 0.15) is 11.5 Å². The molecule has 0 saturated carbocycles. The van der Waals surface area contributed by atoms with Crippen LogP contribution in [-0.4, -0.2) is 29.1 Å². The number of carbonyl (C=O) groups is 1. The monoisotopic (exact) mass is 365 g/mol. The lowest BCUT2D eigenvalue weighted by atomic mass is 10.2. The molecular formula is C20H23N5O2. The van der Waals surface area contributed by atoms with Crippen molar-refractivity contribution in [2.24, 2.45) is 0 Å². The third-order valence-electron chi connectivity index (χ3n) is 4.15. The molecule has 3 rings (SSSR count). The predicted molar refractivity (Wildman–Crippen MR) is 107 cm³/mol. The molecule has 1 aromatic carbocycles. The Kier molecular flexibility index (Phi) is 5.71. The highest BCUT2D eigenvalue weighted by atomic mass is 16.5. The second-order valence-electron chi connectivity index (χ2n) is 6.05. The molecule has 0 saturated heterocycles. The lowest BCUT2D eigenvalue weighted by Gasteiger charge is -2.21. The van der Waals surface area contributed by atoms with Crippen LogP contribution in [0.1, 0.15) is 30.1 Å². The highest BCUT2D eigenvalue weighted by Crippen LogP contribution is 2.19. The third-order valence-corrected chi connectivity index (χ3v) is 4.15. The molecule has 0 aliphatic carbocycles. The van der Waals surface area contributed by atoms with E-state index in [9.17, 15) is 4.79 Å². The van der Waals surface area contributed by atoms with Gasteiger partial charge in [0.05, 0.1) is 11.9 Å². The molecule has 0 unspecified atom stereocenters. The van der Waals surface area contributed by atoms with Gasteiger partial charge < -0.3 is 20.1 Å². The zero-order chi connectivity index (χ0) is 19.2. The van der Waals surface area contributed by atoms with Gasteiger partial charge in [-0.1, -0.05) is 5.16 Å². The van der Waals surface area contributed by atoms with Crippen molar-refractivity contribution in [3.8, 4) is 0 Å². The second-order valence-corrected chi connectivity index (χ2v) is 6.05. The number of nitrogens with one attached hydrogen (secondary N) is 2. The summed E-state index contributed by atoms with van der Waals surface area (Å²) in [7, 11) is 0. The number of carbonyl (C=O) groups excluding carboxylic acids is 1. The van der Waals surface area contributed by atoms with E-state index < -0.39 is 0 Å². The third kappa shape index (κ3) is 4.63. The van der Waals surface area contributed by atoms with Gasteiger partial charge in [-0.15, -0.1) is 0 Å². The first-order valence-corrected chi connectivity index (χ1v) is 8.91. The lowest BCUT2D eigenvalue weighted by molar-refractivity contribution is 0.102. The summed E-state index contributed by atoms with van der Waals surface area (Å²) in [6.07, 6.45) is 1.59. The summed E-state index contributed by atoms with van der Waals surface area (Å²) in [6.45, 7) is 7.94. The molecule has 0 fully saturated rings. The molecule has 1 amide bonds. The van der Waals surface area contributed by atoms with Gasteiger partial charge in [0.25, 0.3) is 5.91 Å². The minimum atomic E-state index is -0.255. The Bertz CT molecular complexity index is 883. The van der Waals surface area contributed by atoms with Crippen molar-refractivity contribution in [3.05, 3.63) is 60.1 Å². The van der Waals surface area contributed by atoms with Crippen molar-refractivity contribution >= 4 is 28.8 Å². The van der Waals surface area contributed by atoms with Crippen molar-refractivity contribution in [1.82, 2.24) is 10.1 Å². The molecule has 2 aromatic heterocycles. The zero-order valence-electron chi connectivity index (χ0n) is 15.7. The Morgan fingerprint density at radius 2 is 1.78 bits per heavy atom. The largest absolute Gasteiger partial charge is 0.372 e. The Balaban J connectivity index is 1.62. The van der Waals surface area contributed by atoms with E-state index in [0.29, 0.717) is 17.3 Å². The topological polar surface area (TPSA) is 83.3 Å². The van der Waals surface area contributed by atoms with E-state index in [0.717, 1.165) is 30.2 Å². The minimum absolute atomic E-state index is 0.255. The van der Waals surface area contributed by atoms with E-state index in [1.54, 1.807) is 24.4 Å². The molecule has 140 valence electrons. The number of aromatic nitrogens is 2. The molecule has 0 spiro atoms. The van der Waals surface area contributed by atoms with Gasteiger partial charge in [-0.3, -0.25) is 4.79 Å². The fraction of sp³-hybridized carbons (Fsp3) is 0.250. The number of rotatable bonds is 7. The smallest absolute Gasteiger partial charge is 0.274 e. The summed E-state index contributed by atoms with van der Waals surface area (Å²) in [5.41, 5.74) is 2.93. The number of pyridine rings is 1. The van der Waals surface area contributed by atoms with Crippen LogP contribution in [0.25, 0.3) is 0 Å². The van der Waals surface area contributed by atoms with Crippen LogP contribution >= 0.6 is 0 Å². The van der Waals surface area contributed by atoms with E-state index in [1.165, 1.54) is 0 Å². The highest BCUT2D eigenvalue weighted by Gasteiger charge is 2.09. The summed E-state index contributed by atoms with van der Waals surface area (Å²) in [5, 5.41) is 9.79. The standard InChI is InChI=1S/C20H23N5O2/c1-4-25(5-2)17-9-6-15(7-10-17)23-20(26)18-11-8-16(13-21-18)22-19-12-14(3)27-24-19/h6-13H,4-5H2,1-3H3,(H,22,24)(H,23,26). The number of benzene rings is 1. The van der Waals surface area contributed by atoms with E-state index >= 15 is 0 Å². The Hall–Kier alpha value is -3.35. The maximum atomic E-state index is 12.4. The van der Waals surface area contributed by atoms with Gasteiger partial charge in [0.15, 0.2) is 5.82 Å². The van der Waals surface area contributed by atoms with Crippen LogP contribution in [0.4, 0.5) is 22.9 Å². The summed E-state index contributed by atoms with van der Waals surface area (Å²) in [6, 6.07) is 13.0. The summed E-state index contributed by atoms with van der Waals surface area (Å²) < 4.78 is 5.00. The van der Waals surface area contributed by atoms with Crippen molar-refractivity contribution < 1.29 is 9.32 Å². The van der Waals surface area contributed by atoms with Crippen LogP contribution in [0, 0.1) is 6.92 Å². The molecule has 7 heteroatoms. The average molecular weight is 365 g/mol. The Morgan fingerprint density at radius 3 is 2.33 bits per heavy atom. The molecule has 27 heavy (non-hydrogen) atoms. The highest BCUT2D eigenvalue weighted by molar-refractivity contribution is 6.03. The van der Waals surface area contributed by atoms with Crippen LogP contribution in [0.2, 0.25) is 0 Å². The number of anilines is 4. The maximum absolute atomic E-state index is 12.4. The van der Waals surface area contributed by atoms with Crippen molar-refractivity contribution in [2.45, 2.75) is 20.8 Å². The molecule has 2 heterocycles. The van der Waals surface area contributed by atoms with E-state index in [4.69, 9.17) is 4.52 Å². The molecule has 2 N–H and O–H groups in total. The Labute approximate surface area is 158 Å². The van der Waals surface area contributed by atoms with Crippen LogP contribution in [-0.2, 0) is 0 Å². The van der Waals surface area contributed by atoms with Gasteiger partial charge in [-0.25, -0.2) is 4.98 Å². The normalized spacial score (nSPS) is 10.5. The van der Waals surface area contributed by atoms with E-state index in [-0.39, 0.29) is 5.91 Å². The number of amides is 1. The first-order valence-electron chi connectivity index (χ1n) is 8.91. The van der Waals surface area contributed by atoms with Gasteiger partial charge in [0.2, 0.25) is 0 Å². The van der Waals surface area contributed by atoms with Crippen LogP contribution in [0.15, 0.2) is 53.2 Å². The molecule has 0 radical (unpaired) electrons. The number of aryl methyl sites for hydroxylation is 1. The quantitative estimate of drug-likeness (QED) is 0.652. The second kappa shape index (κ2) is 8.35. The van der Waals surface area contributed by atoms with Crippen LogP contribution in [0.3, 0.4) is 0 Å². The van der Waals surface area contributed by atoms with Gasteiger partial charge in [-0.2, -0.15) is 0 Å². The molecular weight excluding hydrogens is 342 g/mol. The summed E-state index contributed by atoms with van der Waals surface area (Å²) in [5.74, 6) is 1.06. The molecule has 3 aromatic rings. The minimum Gasteiger partial charge on any atom is -0.372 e. The molecule has 0 aliphatic rings. The fourth-order valence-electron chi connectivity index (χ4n) is 2.71. The molecule has 0 aliphatic heterocycles. The number of hydrogen-bond acceptors (Lipinski definition) is 6. The maximum Gasteiger partial charge on any atom is 0.274 e. The summed E-state index contributed by atoms with van der Waals surface area (Å²) >= 11 is 0.